The first-order valence-electron chi connectivity index (χ1n) is 9.36. The van der Waals surface area contributed by atoms with Crippen molar-refractivity contribution in [2.45, 2.75) is 13.8 Å². The Bertz CT molecular complexity index is 1100. The van der Waals surface area contributed by atoms with Gasteiger partial charge in [0.05, 0.1) is 11.6 Å². The molecule has 0 heterocycles. The molecule has 0 aliphatic rings. The number of rotatable bonds is 5. The maximum absolute atomic E-state index is 12.0. The van der Waals surface area contributed by atoms with E-state index in [1.54, 1.807) is 30.3 Å². The van der Waals surface area contributed by atoms with Crippen molar-refractivity contribution in [3.05, 3.63) is 83.4 Å². The summed E-state index contributed by atoms with van der Waals surface area (Å²) in [5, 5.41) is 13.8. The van der Waals surface area contributed by atoms with Crippen LogP contribution in [-0.4, -0.2) is 18.5 Å². The minimum Gasteiger partial charge on any atom is -0.484 e. The topological polar surface area (TPSA) is 91.2 Å². The van der Waals surface area contributed by atoms with E-state index in [0.717, 1.165) is 22.3 Å². The molecule has 3 aromatic rings. The summed E-state index contributed by atoms with van der Waals surface area (Å²) in [7, 11) is 0. The van der Waals surface area contributed by atoms with E-state index >= 15 is 0 Å². The van der Waals surface area contributed by atoms with Gasteiger partial charge in [-0.1, -0.05) is 42.0 Å². The molecule has 150 valence electrons. The fraction of sp³-hybridized carbons (Fsp3) is 0.125. The van der Waals surface area contributed by atoms with Crippen LogP contribution in [0.3, 0.4) is 0 Å². The number of nitriles is 1. The van der Waals surface area contributed by atoms with Crippen molar-refractivity contribution in [3.63, 3.8) is 0 Å². The molecule has 3 amide bonds. The van der Waals surface area contributed by atoms with E-state index in [9.17, 15) is 9.59 Å². The molecular weight excluding hydrogens is 378 g/mol. The molecule has 0 saturated heterocycles. The van der Waals surface area contributed by atoms with Gasteiger partial charge in [-0.05, 0) is 60.9 Å². The molecule has 0 aromatic heterocycles. The number of nitrogens with zero attached hydrogens (tertiary/aromatic N) is 1. The summed E-state index contributed by atoms with van der Waals surface area (Å²) in [6.45, 7) is 3.57. The Hall–Kier alpha value is -4.11. The zero-order chi connectivity index (χ0) is 21.5. The molecular formula is C24H21N3O3. The molecule has 0 saturated carbocycles. The predicted molar refractivity (Wildman–Crippen MR) is 115 cm³/mol. The van der Waals surface area contributed by atoms with Gasteiger partial charge in [0.25, 0.3) is 5.91 Å². The van der Waals surface area contributed by atoms with Crippen molar-refractivity contribution in [1.82, 2.24) is 5.32 Å². The van der Waals surface area contributed by atoms with Crippen LogP contribution >= 0.6 is 0 Å². The van der Waals surface area contributed by atoms with Gasteiger partial charge in [0.1, 0.15) is 5.75 Å². The van der Waals surface area contributed by atoms with Crippen LogP contribution < -0.4 is 15.4 Å². The second-order valence-electron chi connectivity index (χ2n) is 6.82. The van der Waals surface area contributed by atoms with Crippen molar-refractivity contribution in [2.24, 2.45) is 0 Å². The van der Waals surface area contributed by atoms with Crippen molar-refractivity contribution < 1.29 is 14.3 Å². The summed E-state index contributed by atoms with van der Waals surface area (Å²) in [4.78, 5) is 24.0. The van der Waals surface area contributed by atoms with Crippen molar-refractivity contribution in [2.75, 3.05) is 11.9 Å². The maximum atomic E-state index is 12.0. The van der Waals surface area contributed by atoms with Crippen molar-refractivity contribution in [1.29, 1.82) is 5.26 Å². The number of anilines is 1. The first-order chi connectivity index (χ1) is 14.4. The van der Waals surface area contributed by atoms with Gasteiger partial charge in [-0.2, -0.15) is 5.26 Å². The molecule has 0 bridgehead atoms. The smallest absolute Gasteiger partial charge is 0.325 e. The summed E-state index contributed by atoms with van der Waals surface area (Å²) in [6, 6.07) is 21.6. The van der Waals surface area contributed by atoms with Crippen molar-refractivity contribution in [3.8, 4) is 22.9 Å². The second-order valence-corrected chi connectivity index (χ2v) is 6.82. The summed E-state index contributed by atoms with van der Waals surface area (Å²) >= 11 is 0. The van der Waals surface area contributed by atoms with E-state index in [0.29, 0.717) is 17.0 Å². The van der Waals surface area contributed by atoms with Gasteiger partial charge in [-0.25, -0.2) is 4.79 Å². The van der Waals surface area contributed by atoms with E-state index in [4.69, 9.17) is 10.00 Å². The minimum absolute atomic E-state index is 0.281. The van der Waals surface area contributed by atoms with E-state index in [1.807, 2.05) is 50.2 Å². The molecule has 6 heteroatoms. The van der Waals surface area contributed by atoms with Crippen LogP contribution in [0.15, 0.2) is 66.7 Å². The average molecular weight is 399 g/mol. The Kier molecular flexibility index (Phi) is 6.46. The van der Waals surface area contributed by atoms with Crippen molar-refractivity contribution >= 4 is 17.6 Å². The van der Waals surface area contributed by atoms with E-state index in [1.165, 1.54) is 0 Å². The van der Waals surface area contributed by atoms with E-state index in [2.05, 4.69) is 16.7 Å². The third-order valence-electron chi connectivity index (χ3n) is 4.45. The Balaban J connectivity index is 1.50. The Labute approximate surface area is 175 Å². The third-order valence-corrected chi connectivity index (χ3v) is 4.45. The fourth-order valence-corrected chi connectivity index (χ4v) is 2.90. The lowest BCUT2D eigenvalue weighted by Crippen LogP contribution is -2.37. The van der Waals surface area contributed by atoms with Crippen LogP contribution in [0.5, 0.6) is 5.75 Å². The highest BCUT2D eigenvalue weighted by Gasteiger charge is 2.10. The molecule has 30 heavy (non-hydrogen) atoms. The summed E-state index contributed by atoms with van der Waals surface area (Å²) < 4.78 is 5.45. The lowest BCUT2D eigenvalue weighted by molar-refractivity contribution is -0.121. The monoisotopic (exact) mass is 399 g/mol. The van der Waals surface area contributed by atoms with Crippen LogP contribution in [-0.2, 0) is 4.79 Å². The standard InChI is InChI=1S/C24H21N3O3/c1-16-3-12-22(17(2)13-16)26-24(29)27-23(28)15-30-21-10-8-20(9-11-21)19-6-4-18(14-25)5-7-19/h3-13H,15H2,1-2H3,(H2,26,27,28,29). The molecule has 3 rings (SSSR count). The second kappa shape index (κ2) is 9.39. The highest BCUT2D eigenvalue weighted by molar-refractivity contribution is 6.01. The first kappa shape index (κ1) is 20.6. The number of carbonyl (C=O) groups is 2. The Morgan fingerprint density at radius 2 is 1.57 bits per heavy atom. The molecule has 0 unspecified atom stereocenters. The van der Waals surface area contributed by atoms with Gasteiger partial charge in [-0.3, -0.25) is 10.1 Å². The number of ether oxygens (including phenoxy) is 1. The molecule has 3 aromatic carbocycles. The zero-order valence-corrected chi connectivity index (χ0v) is 16.7. The number of carbonyl (C=O) groups excluding carboxylic acids is 2. The van der Waals surface area contributed by atoms with Gasteiger partial charge < -0.3 is 10.1 Å². The molecule has 0 aliphatic carbocycles. The van der Waals surface area contributed by atoms with Gasteiger partial charge in [0.15, 0.2) is 6.61 Å². The number of urea groups is 1. The molecule has 0 radical (unpaired) electrons. The molecule has 0 fully saturated rings. The number of aryl methyl sites for hydroxylation is 2. The lowest BCUT2D eigenvalue weighted by Gasteiger charge is -2.11. The number of hydrogen-bond donors (Lipinski definition) is 2. The first-order valence-corrected chi connectivity index (χ1v) is 9.36. The number of nitrogens with one attached hydrogen (secondary N) is 2. The average Bonchev–Trinajstić information content (AvgIpc) is 2.75. The van der Waals surface area contributed by atoms with Crippen LogP contribution in [0.4, 0.5) is 10.5 Å². The molecule has 0 spiro atoms. The Morgan fingerprint density at radius 3 is 2.17 bits per heavy atom. The summed E-state index contributed by atoms with van der Waals surface area (Å²) in [5.74, 6) is -0.0363. The van der Waals surface area contributed by atoms with Crippen LogP contribution in [0.2, 0.25) is 0 Å². The van der Waals surface area contributed by atoms with Gasteiger partial charge in [-0.15, -0.1) is 0 Å². The van der Waals surface area contributed by atoms with E-state index < -0.39 is 11.9 Å². The number of hydrogen-bond acceptors (Lipinski definition) is 4. The molecule has 0 atom stereocenters. The maximum Gasteiger partial charge on any atom is 0.325 e. The largest absolute Gasteiger partial charge is 0.484 e. The van der Waals surface area contributed by atoms with Crippen LogP contribution in [0.25, 0.3) is 11.1 Å². The SMILES string of the molecule is Cc1ccc(NC(=O)NC(=O)COc2ccc(-c3ccc(C#N)cc3)cc2)c(C)c1. The minimum atomic E-state index is -0.605. The van der Waals surface area contributed by atoms with Crippen LogP contribution in [0.1, 0.15) is 16.7 Å². The number of imide groups is 1. The predicted octanol–water partition coefficient (Wildman–Crippen LogP) is 4.57. The zero-order valence-electron chi connectivity index (χ0n) is 16.7. The quantitative estimate of drug-likeness (QED) is 0.657. The lowest BCUT2D eigenvalue weighted by atomic mass is 10.0. The summed E-state index contributed by atoms with van der Waals surface area (Å²) in [5.41, 5.74) is 5.19. The fourth-order valence-electron chi connectivity index (χ4n) is 2.90. The molecule has 6 nitrogen and oxygen atoms in total. The molecule has 0 aliphatic heterocycles. The van der Waals surface area contributed by atoms with E-state index in [-0.39, 0.29) is 6.61 Å². The highest BCUT2D eigenvalue weighted by Crippen LogP contribution is 2.22. The molecule has 2 N–H and O–H groups in total. The Morgan fingerprint density at radius 1 is 0.933 bits per heavy atom. The third kappa shape index (κ3) is 5.46. The normalized spacial score (nSPS) is 10.0. The van der Waals surface area contributed by atoms with Crippen LogP contribution in [0, 0.1) is 25.2 Å². The highest BCUT2D eigenvalue weighted by atomic mass is 16.5. The van der Waals surface area contributed by atoms with Gasteiger partial charge in [0.2, 0.25) is 0 Å². The summed E-state index contributed by atoms with van der Waals surface area (Å²) in [6.07, 6.45) is 0. The van der Waals surface area contributed by atoms with Gasteiger partial charge in [0, 0.05) is 5.69 Å². The number of benzene rings is 3. The number of amides is 3. The van der Waals surface area contributed by atoms with Gasteiger partial charge >= 0.3 is 6.03 Å².